The molecule has 0 unspecified atom stereocenters. The monoisotopic (exact) mass is 232 g/mol. The fraction of sp³-hybridized carbons (Fsp3) is 0.143. The van der Waals surface area contributed by atoms with Crippen molar-refractivity contribution in [1.82, 2.24) is 0 Å². The average Bonchev–Trinajstić information content (AvgIpc) is 2.30. The van der Waals surface area contributed by atoms with Crippen molar-refractivity contribution in [2.75, 3.05) is 7.11 Å². The summed E-state index contributed by atoms with van der Waals surface area (Å²) in [5.41, 5.74) is 3.38. The van der Waals surface area contributed by atoms with Crippen LogP contribution in [0.4, 0.5) is 0 Å². The lowest BCUT2D eigenvalue weighted by Crippen LogP contribution is -1.87. The number of methoxy groups -OCH3 is 1. The van der Waals surface area contributed by atoms with E-state index in [-0.39, 0.29) is 0 Å². The normalized spacial score (nSPS) is 10.2. The first-order valence-electron chi connectivity index (χ1n) is 5.11. The van der Waals surface area contributed by atoms with Crippen LogP contribution >= 0.6 is 11.6 Å². The second kappa shape index (κ2) is 4.58. The molecule has 2 aromatic carbocycles. The van der Waals surface area contributed by atoms with Gasteiger partial charge in [-0.1, -0.05) is 41.4 Å². The average molecular weight is 233 g/mol. The summed E-state index contributed by atoms with van der Waals surface area (Å²) in [5, 5.41) is 0.719. The standard InChI is InChI=1S/C14H13ClO/c1-10-3-5-11(6-4-10)13-9-12(15)7-8-14(13)16-2/h3-9H,1-2H3. The second-order valence-electron chi connectivity index (χ2n) is 3.71. The molecular weight excluding hydrogens is 220 g/mol. The van der Waals surface area contributed by atoms with E-state index in [4.69, 9.17) is 16.3 Å². The molecule has 0 aliphatic heterocycles. The zero-order chi connectivity index (χ0) is 11.5. The Morgan fingerprint density at radius 2 is 1.69 bits per heavy atom. The van der Waals surface area contributed by atoms with E-state index in [0.717, 1.165) is 21.9 Å². The lowest BCUT2D eigenvalue weighted by Gasteiger charge is -2.09. The number of halogens is 1. The lowest BCUT2D eigenvalue weighted by atomic mass is 10.0. The lowest BCUT2D eigenvalue weighted by molar-refractivity contribution is 0.416. The number of hydrogen-bond donors (Lipinski definition) is 0. The predicted molar refractivity (Wildman–Crippen MR) is 68.2 cm³/mol. The summed E-state index contributed by atoms with van der Waals surface area (Å²) in [4.78, 5) is 0. The Kier molecular flexibility index (Phi) is 3.16. The van der Waals surface area contributed by atoms with E-state index in [1.807, 2.05) is 18.2 Å². The summed E-state index contributed by atoms with van der Waals surface area (Å²) in [5.74, 6) is 0.841. The molecule has 0 amide bonds. The van der Waals surface area contributed by atoms with Gasteiger partial charge in [-0.05, 0) is 30.7 Å². The predicted octanol–water partition coefficient (Wildman–Crippen LogP) is 4.32. The van der Waals surface area contributed by atoms with E-state index in [1.165, 1.54) is 5.56 Å². The maximum atomic E-state index is 6.00. The van der Waals surface area contributed by atoms with Crippen molar-refractivity contribution >= 4 is 11.6 Å². The minimum Gasteiger partial charge on any atom is -0.496 e. The zero-order valence-corrected chi connectivity index (χ0v) is 10.1. The quantitative estimate of drug-likeness (QED) is 0.749. The third-order valence-corrected chi connectivity index (χ3v) is 2.76. The highest BCUT2D eigenvalue weighted by molar-refractivity contribution is 6.31. The molecule has 82 valence electrons. The summed E-state index contributed by atoms with van der Waals surface area (Å²) in [6, 6.07) is 13.9. The molecule has 0 heterocycles. The highest BCUT2D eigenvalue weighted by atomic mass is 35.5. The summed E-state index contributed by atoms with van der Waals surface area (Å²) < 4.78 is 5.33. The van der Waals surface area contributed by atoms with Crippen molar-refractivity contribution < 1.29 is 4.74 Å². The van der Waals surface area contributed by atoms with Crippen molar-refractivity contribution in [3.05, 3.63) is 53.1 Å². The molecule has 0 aliphatic rings. The number of hydrogen-bond acceptors (Lipinski definition) is 1. The van der Waals surface area contributed by atoms with E-state index in [2.05, 4.69) is 31.2 Å². The minimum absolute atomic E-state index is 0.719. The first-order valence-corrected chi connectivity index (χ1v) is 5.49. The molecule has 16 heavy (non-hydrogen) atoms. The topological polar surface area (TPSA) is 9.23 Å². The number of benzene rings is 2. The van der Waals surface area contributed by atoms with Gasteiger partial charge in [-0.2, -0.15) is 0 Å². The van der Waals surface area contributed by atoms with Gasteiger partial charge in [-0.15, -0.1) is 0 Å². The van der Waals surface area contributed by atoms with Crippen LogP contribution in [0, 0.1) is 6.92 Å². The van der Waals surface area contributed by atoms with E-state index < -0.39 is 0 Å². The van der Waals surface area contributed by atoms with Gasteiger partial charge in [-0.25, -0.2) is 0 Å². The molecule has 2 aromatic rings. The van der Waals surface area contributed by atoms with Crippen molar-refractivity contribution in [2.24, 2.45) is 0 Å². The van der Waals surface area contributed by atoms with Crippen LogP contribution in [-0.2, 0) is 0 Å². The van der Waals surface area contributed by atoms with Crippen LogP contribution < -0.4 is 4.74 Å². The molecule has 0 aliphatic carbocycles. The Morgan fingerprint density at radius 1 is 1.00 bits per heavy atom. The minimum atomic E-state index is 0.719. The Hall–Kier alpha value is -1.47. The molecule has 0 N–H and O–H groups in total. The molecule has 0 spiro atoms. The maximum Gasteiger partial charge on any atom is 0.126 e. The van der Waals surface area contributed by atoms with Gasteiger partial charge in [0.25, 0.3) is 0 Å². The number of ether oxygens (including phenoxy) is 1. The van der Waals surface area contributed by atoms with Gasteiger partial charge in [-0.3, -0.25) is 0 Å². The molecule has 2 heteroatoms. The molecule has 0 fully saturated rings. The number of aryl methyl sites for hydroxylation is 1. The van der Waals surface area contributed by atoms with Gasteiger partial charge in [0.05, 0.1) is 7.11 Å². The number of rotatable bonds is 2. The van der Waals surface area contributed by atoms with E-state index in [1.54, 1.807) is 7.11 Å². The molecule has 0 bridgehead atoms. The van der Waals surface area contributed by atoms with Crippen LogP contribution in [-0.4, -0.2) is 7.11 Å². The van der Waals surface area contributed by atoms with Gasteiger partial charge >= 0.3 is 0 Å². The van der Waals surface area contributed by atoms with Crippen LogP contribution in [0.25, 0.3) is 11.1 Å². The van der Waals surface area contributed by atoms with Gasteiger partial charge in [0.2, 0.25) is 0 Å². The fourth-order valence-electron chi connectivity index (χ4n) is 1.64. The van der Waals surface area contributed by atoms with Crippen LogP contribution in [0.15, 0.2) is 42.5 Å². The van der Waals surface area contributed by atoms with E-state index >= 15 is 0 Å². The third kappa shape index (κ3) is 2.20. The molecule has 2 rings (SSSR count). The van der Waals surface area contributed by atoms with Gasteiger partial charge in [0, 0.05) is 10.6 Å². The third-order valence-electron chi connectivity index (χ3n) is 2.52. The molecular formula is C14H13ClO. The second-order valence-corrected chi connectivity index (χ2v) is 4.15. The largest absolute Gasteiger partial charge is 0.496 e. The molecule has 0 aromatic heterocycles. The van der Waals surface area contributed by atoms with Crippen molar-refractivity contribution in [1.29, 1.82) is 0 Å². The Balaban J connectivity index is 2.53. The molecule has 0 radical (unpaired) electrons. The highest BCUT2D eigenvalue weighted by Gasteiger charge is 2.05. The van der Waals surface area contributed by atoms with Gasteiger partial charge in [0.1, 0.15) is 5.75 Å². The zero-order valence-electron chi connectivity index (χ0n) is 9.33. The first-order chi connectivity index (χ1) is 7.70. The molecule has 0 saturated heterocycles. The van der Waals surface area contributed by atoms with E-state index in [0.29, 0.717) is 0 Å². The SMILES string of the molecule is COc1ccc(Cl)cc1-c1ccc(C)cc1. The smallest absolute Gasteiger partial charge is 0.126 e. The van der Waals surface area contributed by atoms with Crippen LogP contribution in [0.2, 0.25) is 5.02 Å². The summed E-state index contributed by atoms with van der Waals surface area (Å²) in [6.07, 6.45) is 0. The first kappa shape index (κ1) is 11.0. The molecule has 0 atom stereocenters. The fourth-order valence-corrected chi connectivity index (χ4v) is 1.81. The molecule has 1 nitrogen and oxygen atoms in total. The maximum absolute atomic E-state index is 6.00. The van der Waals surface area contributed by atoms with Crippen LogP contribution in [0.5, 0.6) is 5.75 Å². The van der Waals surface area contributed by atoms with Crippen molar-refractivity contribution in [2.45, 2.75) is 6.92 Å². The Morgan fingerprint density at radius 3 is 2.31 bits per heavy atom. The van der Waals surface area contributed by atoms with Crippen molar-refractivity contribution in [3.63, 3.8) is 0 Å². The van der Waals surface area contributed by atoms with Crippen LogP contribution in [0.3, 0.4) is 0 Å². The Bertz CT molecular complexity index is 489. The van der Waals surface area contributed by atoms with Gasteiger partial charge in [0.15, 0.2) is 0 Å². The summed E-state index contributed by atoms with van der Waals surface area (Å²) >= 11 is 6.00. The van der Waals surface area contributed by atoms with Crippen molar-refractivity contribution in [3.8, 4) is 16.9 Å². The highest BCUT2D eigenvalue weighted by Crippen LogP contribution is 2.32. The molecule has 0 saturated carbocycles. The summed E-state index contributed by atoms with van der Waals surface area (Å²) in [6.45, 7) is 2.07. The van der Waals surface area contributed by atoms with Gasteiger partial charge < -0.3 is 4.74 Å². The van der Waals surface area contributed by atoms with E-state index in [9.17, 15) is 0 Å². The van der Waals surface area contributed by atoms with Crippen LogP contribution in [0.1, 0.15) is 5.56 Å². The summed E-state index contributed by atoms with van der Waals surface area (Å²) in [7, 11) is 1.67. The Labute approximate surface area is 101 Å².